The van der Waals surface area contributed by atoms with E-state index in [1.54, 1.807) is 12.0 Å². The Bertz CT molecular complexity index is 730. The number of nitrogens with one attached hydrogen (secondary N) is 1. The van der Waals surface area contributed by atoms with Gasteiger partial charge in [0.05, 0.1) is 13.7 Å². The Hall–Kier alpha value is -1.75. The van der Waals surface area contributed by atoms with Gasteiger partial charge in [0.1, 0.15) is 5.75 Å². The van der Waals surface area contributed by atoms with Gasteiger partial charge in [-0.3, -0.25) is 9.89 Å². The molecule has 1 aromatic carbocycles. The van der Waals surface area contributed by atoms with E-state index in [-0.39, 0.29) is 30.1 Å². The molecule has 186 valence electrons. The minimum Gasteiger partial charge on any atom is -0.497 e. The lowest BCUT2D eigenvalue weighted by molar-refractivity contribution is 0.0914. The summed E-state index contributed by atoms with van der Waals surface area (Å²) in [5.41, 5.74) is 1.33. The third-order valence-electron chi connectivity index (χ3n) is 6.21. The maximum Gasteiger partial charge on any atom is 0.409 e. The maximum absolute atomic E-state index is 11.9. The molecular formula is C24H40IN5O3. The summed E-state index contributed by atoms with van der Waals surface area (Å²) in [4.78, 5) is 23.5. The summed E-state index contributed by atoms with van der Waals surface area (Å²) >= 11 is 0. The van der Waals surface area contributed by atoms with E-state index < -0.39 is 0 Å². The van der Waals surface area contributed by atoms with Crippen molar-refractivity contribution in [3.05, 3.63) is 29.8 Å². The molecule has 2 aliphatic rings. The Morgan fingerprint density at radius 3 is 2.24 bits per heavy atom. The molecular weight excluding hydrogens is 533 g/mol. The van der Waals surface area contributed by atoms with Crippen molar-refractivity contribution in [1.29, 1.82) is 0 Å². The predicted octanol–water partition coefficient (Wildman–Crippen LogP) is 3.26. The van der Waals surface area contributed by atoms with Gasteiger partial charge < -0.3 is 24.6 Å². The van der Waals surface area contributed by atoms with Crippen molar-refractivity contribution in [2.45, 2.75) is 33.2 Å². The Labute approximate surface area is 215 Å². The molecule has 33 heavy (non-hydrogen) atoms. The third kappa shape index (κ3) is 8.51. The molecule has 1 N–H and O–H groups in total. The summed E-state index contributed by atoms with van der Waals surface area (Å²) in [6.45, 7) is 12.2. The second-order valence-corrected chi connectivity index (χ2v) is 8.44. The molecule has 2 saturated heterocycles. The van der Waals surface area contributed by atoms with Crippen molar-refractivity contribution in [2.75, 3.05) is 66.1 Å². The Morgan fingerprint density at radius 2 is 1.67 bits per heavy atom. The van der Waals surface area contributed by atoms with Gasteiger partial charge in [-0.05, 0) is 63.4 Å². The van der Waals surface area contributed by atoms with Crippen LogP contribution in [0.2, 0.25) is 0 Å². The molecule has 0 saturated carbocycles. The minimum atomic E-state index is -0.213. The molecule has 0 atom stereocenters. The van der Waals surface area contributed by atoms with Crippen molar-refractivity contribution in [3.8, 4) is 5.75 Å². The summed E-state index contributed by atoms with van der Waals surface area (Å²) < 4.78 is 10.4. The molecule has 2 heterocycles. The van der Waals surface area contributed by atoms with Gasteiger partial charge in [-0.1, -0.05) is 12.1 Å². The first kappa shape index (κ1) is 27.5. The lowest BCUT2D eigenvalue weighted by atomic mass is 9.96. The van der Waals surface area contributed by atoms with E-state index in [0.717, 1.165) is 57.5 Å². The van der Waals surface area contributed by atoms with E-state index in [1.165, 1.54) is 18.4 Å². The average molecular weight is 574 g/mol. The first-order valence-electron chi connectivity index (χ1n) is 11.9. The number of ether oxygens (including phenoxy) is 2. The van der Waals surface area contributed by atoms with Crippen LogP contribution in [0, 0.1) is 5.92 Å². The van der Waals surface area contributed by atoms with Crippen LogP contribution in [-0.4, -0.2) is 92.8 Å². The summed E-state index contributed by atoms with van der Waals surface area (Å²) in [5.74, 6) is 2.50. The van der Waals surface area contributed by atoms with Crippen molar-refractivity contribution >= 4 is 36.0 Å². The van der Waals surface area contributed by atoms with Gasteiger partial charge in [0.25, 0.3) is 0 Å². The Balaban J connectivity index is 0.00000385. The first-order valence-corrected chi connectivity index (χ1v) is 11.9. The highest BCUT2D eigenvalue weighted by atomic mass is 127. The van der Waals surface area contributed by atoms with Gasteiger partial charge >= 0.3 is 6.09 Å². The second-order valence-electron chi connectivity index (χ2n) is 8.44. The number of nitrogens with zero attached hydrogens (tertiary/aromatic N) is 4. The van der Waals surface area contributed by atoms with E-state index in [1.807, 2.05) is 19.1 Å². The predicted molar refractivity (Wildman–Crippen MR) is 143 cm³/mol. The van der Waals surface area contributed by atoms with Gasteiger partial charge in [0.2, 0.25) is 0 Å². The van der Waals surface area contributed by atoms with Crippen molar-refractivity contribution in [3.63, 3.8) is 0 Å². The highest BCUT2D eigenvalue weighted by Gasteiger charge is 2.24. The quantitative estimate of drug-likeness (QED) is 0.307. The smallest absolute Gasteiger partial charge is 0.409 e. The number of halogens is 1. The normalized spacial score (nSPS) is 18.0. The van der Waals surface area contributed by atoms with Crippen LogP contribution in [0.5, 0.6) is 5.75 Å². The number of likely N-dealkylation sites (tertiary alicyclic amines) is 1. The van der Waals surface area contributed by atoms with Crippen LogP contribution in [0.15, 0.2) is 29.3 Å². The SMILES string of the molecule is CCNC(=NCC1CCN(Cc2ccc(OC)cc2)CC1)N1CCN(C(=O)OCC)CC1.I. The largest absolute Gasteiger partial charge is 0.497 e. The zero-order chi connectivity index (χ0) is 22.8. The number of amides is 1. The number of carbonyl (C=O) groups is 1. The summed E-state index contributed by atoms with van der Waals surface area (Å²) in [5, 5.41) is 3.43. The summed E-state index contributed by atoms with van der Waals surface area (Å²) in [6.07, 6.45) is 2.14. The number of piperazine rings is 1. The molecule has 0 aliphatic carbocycles. The minimum absolute atomic E-state index is 0. The number of aliphatic imine (C=N–C) groups is 1. The van der Waals surface area contributed by atoms with Crippen LogP contribution in [0.4, 0.5) is 4.79 Å². The van der Waals surface area contributed by atoms with E-state index in [0.29, 0.717) is 25.6 Å². The zero-order valence-electron chi connectivity index (χ0n) is 20.3. The number of carbonyl (C=O) groups excluding carboxylic acids is 1. The maximum atomic E-state index is 11.9. The standard InChI is InChI=1S/C24H39N5O3.HI/c1-4-25-23(28-14-16-29(17-15-28)24(30)32-5-2)26-18-20-10-12-27(13-11-20)19-21-6-8-22(31-3)9-7-21;/h6-9,20H,4-5,10-19H2,1-3H3,(H,25,26);1H. The fourth-order valence-electron chi connectivity index (χ4n) is 4.27. The van der Waals surface area contributed by atoms with E-state index in [4.69, 9.17) is 14.5 Å². The lowest BCUT2D eigenvalue weighted by Crippen LogP contribution is -2.54. The average Bonchev–Trinajstić information content (AvgIpc) is 2.83. The van der Waals surface area contributed by atoms with Crippen LogP contribution in [-0.2, 0) is 11.3 Å². The molecule has 1 amide bonds. The van der Waals surface area contributed by atoms with Gasteiger partial charge in [0, 0.05) is 45.8 Å². The highest BCUT2D eigenvalue weighted by molar-refractivity contribution is 14.0. The number of guanidine groups is 1. The molecule has 0 bridgehead atoms. The molecule has 0 spiro atoms. The number of hydrogen-bond acceptors (Lipinski definition) is 5. The van der Waals surface area contributed by atoms with Crippen LogP contribution in [0.3, 0.4) is 0 Å². The van der Waals surface area contributed by atoms with Crippen molar-refractivity contribution < 1.29 is 14.3 Å². The van der Waals surface area contributed by atoms with E-state index in [9.17, 15) is 4.79 Å². The van der Waals surface area contributed by atoms with Gasteiger partial charge in [-0.15, -0.1) is 24.0 Å². The molecule has 0 radical (unpaired) electrons. The molecule has 3 rings (SSSR count). The van der Waals surface area contributed by atoms with E-state index in [2.05, 4.69) is 34.2 Å². The van der Waals surface area contributed by atoms with Gasteiger partial charge in [-0.25, -0.2) is 4.79 Å². The fraction of sp³-hybridized carbons (Fsp3) is 0.667. The summed E-state index contributed by atoms with van der Waals surface area (Å²) in [6, 6.07) is 8.37. The van der Waals surface area contributed by atoms with Crippen molar-refractivity contribution in [1.82, 2.24) is 20.0 Å². The molecule has 2 fully saturated rings. The van der Waals surface area contributed by atoms with Crippen LogP contribution < -0.4 is 10.1 Å². The Kier molecular flexibility index (Phi) is 12.1. The number of benzene rings is 1. The molecule has 2 aliphatic heterocycles. The number of methoxy groups -OCH3 is 1. The third-order valence-corrected chi connectivity index (χ3v) is 6.21. The molecule has 9 heteroatoms. The van der Waals surface area contributed by atoms with Crippen LogP contribution in [0.25, 0.3) is 0 Å². The number of rotatable bonds is 7. The number of piperidine rings is 1. The second kappa shape index (κ2) is 14.5. The molecule has 8 nitrogen and oxygen atoms in total. The topological polar surface area (TPSA) is 69.6 Å². The van der Waals surface area contributed by atoms with E-state index >= 15 is 0 Å². The van der Waals surface area contributed by atoms with Gasteiger partial charge in [0.15, 0.2) is 5.96 Å². The fourth-order valence-corrected chi connectivity index (χ4v) is 4.27. The zero-order valence-corrected chi connectivity index (χ0v) is 22.6. The number of hydrogen-bond donors (Lipinski definition) is 1. The van der Waals surface area contributed by atoms with Crippen molar-refractivity contribution in [2.24, 2.45) is 10.9 Å². The monoisotopic (exact) mass is 573 g/mol. The Morgan fingerprint density at radius 1 is 1.03 bits per heavy atom. The molecule has 0 unspecified atom stereocenters. The lowest BCUT2D eigenvalue weighted by Gasteiger charge is -2.36. The van der Waals surface area contributed by atoms with Crippen LogP contribution in [0.1, 0.15) is 32.3 Å². The first-order chi connectivity index (χ1) is 15.6. The molecule has 0 aromatic heterocycles. The summed E-state index contributed by atoms with van der Waals surface area (Å²) in [7, 11) is 1.70. The van der Waals surface area contributed by atoms with Crippen LogP contribution >= 0.6 is 24.0 Å². The molecule has 1 aromatic rings. The highest BCUT2D eigenvalue weighted by Crippen LogP contribution is 2.20. The van der Waals surface area contributed by atoms with Gasteiger partial charge in [-0.2, -0.15) is 0 Å².